The lowest BCUT2D eigenvalue weighted by atomic mass is 10.1. The summed E-state index contributed by atoms with van der Waals surface area (Å²) < 4.78 is 48.5. The van der Waals surface area contributed by atoms with Crippen molar-refractivity contribution in [2.45, 2.75) is 4.90 Å². The van der Waals surface area contributed by atoms with E-state index in [2.05, 4.69) is 9.97 Å². The number of hydrogen-bond donors (Lipinski definition) is 4. The number of carbonyl (C=O) groups is 1. The topological polar surface area (TPSA) is 213 Å². The minimum atomic E-state index is -4.38. The zero-order valence-electron chi connectivity index (χ0n) is 17.4. The third-order valence-corrected chi connectivity index (χ3v) is 8.56. The Kier molecular flexibility index (Phi) is 6.34. The van der Waals surface area contributed by atoms with E-state index < -0.39 is 26.2 Å². The number of aromatic carboxylic acids is 1. The van der Waals surface area contributed by atoms with E-state index in [1.54, 1.807) is 17.5 Å². The number of hydrogen-bond acceptors (Lipinski definition) is 10. The van der Waals surface area contributed by atoms with E-state index in [0.29, 0.717) is 21.1 Å². The Labute approximate surface area is 207 Å². The Bertz CT molecular complexity index is 1640. The summed E-state index contributed by atoms with van der Waals surface area (Å²) in [6, 6.07) is 11.0. The molecular weight excluding hydrogens is 537 g/mol. The number of sulfonamides is 1. The largest absolute Gasteiger partial charge is 0.478 e. The molecule has 4 rings (SSSR count). The number of benzene rings is 2. The SMILES string of the molecule is Nc1nc(N(c2ccc(S(N)(=O)=O)cc2)S(N)(=O)=O)sc1-c1nc(-c2cccc(C(=O)O)c2)cs1. The summed E-state index contributed by atoms with van der Waals surface area (Å²) >= 11 is 2.12. The van der Waals surface area contributed by atoms with Crippen LogP contribution in [0.5, 0.6) is 0 Å². The summed E-state index contributed by atoms with van der Waals surface area (Å²) in [5, 5.41) is 21.7. The van der Waals surface area contributed by atoms with Gasteiger partial charge in [0.15, 0.2) is 0 Å². The molecule has 12 nitrogen and oxygen atoms in total. The van der Waals surface area contributed by atoms with Crippen LogP contribution in [0.4, 0.5) is 16.6 Å². The van der Waals surface area contributed by atoms with Crippen LogP contribution in [0, 0.1) is 0 Å². The molecule has 7 N–H and O–H groups in total. The van der Waals surface area contributed by atoms with Crippen molar-refractivity contribution < 1.29 is 26.7 Å². The maximum Gasteiger partial charge on any atom is 0.335 e. The molecule has 0 radical (unpaired) electrons. The number of anilines is 3. The quantitative estimate of drug-likeness (QED) is 0.264. The van der Waals surface area contributed by atoms with E-state index in [1.165, 1.54) is 35.6 Å². The minimum Gasteiger partial charge on any atom is -0.478 e. The van der Waals surface area contributed by atoms with Crippen molar-refractivity contribution in [3.05, 3.63) is 59.5 Å². The monoisotopic (exact) mass is 552 g/mol. The first-order valence-electron chi connectivity index (χ1n) is 9.36. The molecule has 0 atom stereocenters. The van der Waals surface area contributed by atoms with E-state index in [9.17, 15) is 26.7 Å². The Morgan fingerprint density at radius 3 is 2.29 bits per heavy atom. The first kappa shape index (κ1) is 24.7. The van der Waals surface area contributed by atoms with Crippen molar-refractivity contribution in [2.24, 2.45) is 10.3 Å². The van der Waals surface area contributed by atoms with E-state index >= 15 is 0 Å². The highest BCUT2D eigenvalue weighted by atomic mass is 32.2. The van der Waals surface area contributed by atoms with Gasteiger partial charge in [-0.2, -0.15) is 12.7 Å². The maximum atomic E-state index is 12.4. The third kappa shape index (κ3) is 5.16. The molecule has 2 aromatic heterocycles. The number of rotatable bonds is 7. The molecule has 0 aliphatic rings. The number of nitrogen functional groups attached to an aromatic ring is 1. The van der Waals surface area contributed by atoms with E-state index in [4.69, 9.17) is 16.0 Å². The highest BCUT2D eigenvalue weighted by molar-refractivity contribution is 7.91. The van der Waals surface area contributed by atoms with Crippen LogP contribution in [0.25, 0.3) is 21.1 Å². The Morgan fingerprint density at radius 2 is 1.69 bits per heavy atom. The van der Waals surface area contributed by atoms with E-state index in [-0.39, 0.29) is 27.1 Å². The fourth-order valence-electron chi connectivity index (χ4n) is 3.02. The molecule has 0 spiro atoms. The lowest BCUT2D eigenvalue weighted by Crippen LogP contribution is -2.32. The van der Waals surface area contributed by atoms with Gasteiger partial charge in [-0.3, -0.25) is 0 Å². The van der Waals surface area contributed by atoms with Crippen molar-refractivity contribution >= 4 is 65.5 Å². The maximum absolute atomic E-state index is 12.4. The molecule has 0 unspecified atom stereocenters. The minimum absolute atomic E-state index is 0.00000667. The van der Waals surface area contributed by atoms with Crippen LogP contribution in [-0.4, -0.2) is 37.9 Å². The summed E-state index contributed by atoms with van der Waals surface area (Å²) in [4.78, 5) is 20.0. The van der Waals surface area contributed by atoms with Crippen molar-refractivity contribution in [3.63, 3.8) is 0 Å². The van der Waals surface area contributed by atoms with Gasteiger partial charge >= 0.3 is 16.2 Å². The first-order valence-corrected chi connectivity index (χ1v) is 14.1. The van der Waals surface area contributed by atoms with Crippen molar-refractivity contribution in [3.8, 4) is 21.1 Å². The lowest BCUT2D eigenvalue weighted by molar-refractivity contribution is 0.0697. The lowest BCUT2D eigenvalue weighted by Gasteiger charge is -2.18. The van der Waals surface area contributed by atoms with Crippen molar-refractivity contribution in [1.29, 1.82) is 0 Å². The van der Waals surface area contributed by atoms with Crippen LogP contribution < -0.4 is 20.3 Å². The van der Waals surface area contributed by atoms with Gasteiger partial charge in [-0.25, -0.2) is 33.5 Å². The highest BCUT2D eigenvalue weighted by Gasteiger charge is 2.27. The molecule has 0 amide bonds. The van der Waals surface area contributed by atoms with Crippen molar-refractivity contribution in [1.82, 2.24) is 9.97 Å². The normalized spacial score (nSPS) is 11.9. The Hall–Kier alpha value is -3.41. The van der Waals surface area contributed by atoms with Crippen LogP contribution >= 0.6 is 22.7 Å². The van der Waals surface area contributed by atoms with Crippen LogP contribution in [0.15, 0.2) is 58.8 Å². The number of nitrogens with two attached hydrogens (primary N) is 3. The molecule has 182 valence electrons. The average Bonchev–Trinajstić information content (AvgIpc) is 3.39. The summed E-state index contributed by atoms with van der Waals surface area (Å²) in [5.74, 6) is -1.07. The van der Waals surface area contributed by atoms with E-state index in [0.717, 1.165) is 27.8 Å². The molecule has 0 aliphatic heterocycles. The smallest absolute Gasteiger partial charge is 0.335 e. The van der Waals surface area contributed by atoms with Crippen LogP contribution in [0.1, 0.15) is 10.4 Å². The summed E-state index contributed by atoms with van der Waals surface area (Å²) in [5.41, 5.74) is 7.26. The zero-order valence-corrected chi connectivity index (χ0v) is 20.7. The molecule has 2 heterocycles. The Balaban J connectivity index is 1.73. The molecule has 0 saturated heterocycles. The Morgan fingerprint density at radius 1 is 1.00 bits per heavy atom. The van der Waals surface area contributed by atoms with Gasteiger partial charge in [-0.1, -0.05) is 23.5 Å². The molecule has 0 aliphatic carbocycles. The predicted molar refractivity (Wildman–Crippen MR) is 133 cm³/mol. The van der Waals surface area contributed by atoms with E-state index in [1.807, 2.05) is 0 Å². The summed E-state index contributed by atoms with van der Waals surface area (Å²) in [6.07, 6.45) is 0. The fourth-order valence-corrected chi connectivity index (χ4v) is 6.47. The molecule has 0 fully saturated rings. The molecule has 35 heavy (non-hydrogen) atoms. The molecule has 16 heteroatoms. The van der Waals surface area contributed by atoms with Crippen LogP contribution in [0.3, 0.4) is 0 Å². The summed E-state index contributed by atoms with van der Waals surface area (Å²) in [6.45, 7) is 0. The van der Waals surface area contributed by atoms with Gasteiger partial charge in [0.25, 0.3) is 0 Å². The van der Waals surface area contributed by atoms with Crippen molar-refractivity contribution in [2.75, 3.05) is 10.0 Å². The van der Waals surface area contributed by atoms with Crippen LogP contribution in [-0.2, 0) is 20.2 Å². The number of aromatic nitrogens is 2. The van der Waals surface area contributed by atoms with Gasteiger partial charge in [0.2, 0.25) is 15.2 Å². The molecule has 2 aromatic carbocycles. The first-order chi connectivity index (χ1) is 16.3. The summed E-state index contributed by atoms with van der Waals surface area (Å²) in [7, 11) is -8.37. The van der Waals surface area contributed by atoms with Gasteiger partial charge < -0.3 is 10.8 Å². The van der Waals surface area contributed by atoms with Gasteiger partial charge in [-0.15, -0.1) is 11.3 Å². The van der Waals surface area contributed by atoms with Gasteiger partial charge in [-0.05, 0) is 36.4 Å². The second-order valence-electron chi connectivity index (χ2n) is 6.98. The average molecular weight is 553 g/mol. The predicted octanol–water partition coefficient (Wildman–Crippen LogP) is 2.20. The van der Waals surface area contributed by atoms with Gasteiger partial charge in [0.1, 0.15) is 15.7 Å². The molecule has 4 aromatic rings. The number of carboxylic acid groups (broad SMARTS) is 1. The standard InChI is InChI=1S/C19H16N6O6S4/c20-16-15(17-23-14(9-32-17)10-2-1-3-11(8-10)18(26)27)33-19(24-16)25(35(22,30)31)12-4-6-13(7-5-12)34(21,28)29/h1-9H,20H2,(H,26,27)(H2,21,28,29)(H2,22,30,31). The van der Waals surface area contributed by atoms with Crippen LogP contribution in [0.2, 0.25) is 0 Å². The molecule has 0 saturated carbocycles. The second kappa shape index (κ2) is 8.99. The fraction of sp³-hybridized carbons (Fsp3) is 0. The third-order valence-electron chi connectivity index (χ3n) is 4.57. The number of carboxylic acids is 1. The number of primary sulfonamides is 1. The second-order valence-corrected chi connectivity index (χ2v) is 11.8. The molecular formula is C19H16N6O6S4. The molecule has 0 bridgehead atoms. The zero-order chi connectivity index (χ0) is 25.5. The van der Waals surface area contributed by atoms with Gasteiger partial charge in [0, 0.05) is 10.9 Å². The number of nitrogens with zero attached hydrogens (tertiary/aromatic N) is 3. The number of thiazole rings is 2. The van der Waals surface area contributed by atoms with Gasteiger partial charge in [0.05, 0.1) is 21.8 Å². The highest BCUT2D eigenvalue weighted by Crippen LogP contribution is 2.42.